The molecule has 20 heavy (non-hydrogen) atoms. The molecule has 2 aliphatic rings. The van der Waals surface area contributed by atoms with E-state index in [1.807, 2.05) is 0 Å². The van der Waals surface area contributed by atoms with Crippen LogP contribution in [-0.2, 0) is 0 Å². The second-order valence-corrected chi connectivity index (χ2v) is 5.78. The van der Waals surface area contributed by atoms with Crippen molar-refractivity contribution in [2.45, 2.75) is 44.3 Å². The van der Waals surface area contributed by atoms with Crippen LogP contribution in [0.15, 0.2) is 18.2 Å². The minimum atomic E-state index is -0.792. The van der Waals surface area contributed by atoms with Gasteiger partial charge in [-0.3, -0.25) is 15.0 Å². The van der Waals surface area contributed by atoms with Gasteiger partial charge < -0.3 is 5.32 Å². The smallest absolute Gasteiger partial charge is 0.306 e. The molecule has 0 aromatic heterocycles. The molecule has 1 saturated carbocycles. The Bertz CT molecular complexity index is 533. The Morgan fingerprint density at radius 1 is 1.45 bits per heavy atom. The van der Waals surface area contributed by atoms with E-state index >= 15 is 0 Å². The Balaban J connectivity index is 1.69. The van der Waals surface area contributed by atoms with Gasteiger partial charge in [0.2, 0.25) is 5.82 Å². The van der Waals surface area contributed by atoms with Crippen molar-refractivity contribution in [3.63, 3.8) is 0 Å². The predicted molar refractivity (Wildman–Crippen MR) is 74.3 cm³/mol. The molecule has 1 aromatic carbocycles. The van der Waals surface area contributed by atoms with E-state index in [4.69, 9.17) is 0 Å². The monoisotopic (exact) mass is 279 g/mol. The zero-order chi connectivity index (χ0) is 14.3. The van der Waals surface area contributed by atoms with E-state index in [9.17, 15) is 14.5 Å². The number of nitro groups is 1. The Morgan fingerprint density at radius 3 is 2.85 bits per heavy atom. The van der Waals surface area contributed by atoms with Crippen LogP contribution in [0.5, 0.6) is 0 Å². The number of hydrogen-bond acceptors (Lipinski definition) is 4. The van der Waals surface area contributed by atoms with Crippen molar-refractivity contribution in [1.82, 2.24) is 4.90 Å². The van der Waals surface area contributed by atoms with Crippen LogP contribution in [0.4, 0.5) is 15.8 Å². The Morgan fingerprint density at radius 2 is 2.20 bits per heavy atom. The van der Waals surface area contributed by atoms with Crippen LogP contribution in [-0.4, -0.2) is 34.5 Å². The van der Waals surface area contributed by atoms with Crippen molar-refractivity contribution < 1.29 is 9.31 Å². The third kappa shape index (κ3) is 2.60. The minimum Gasteiger partial charge on any atom is -0.381 e. The van der Waals surface area contributed by atoms with Gasteiger partial charge in [0, 0.05) is 36.4 Å². The number of nitrogens with one attached hydrogen (secondary N) is 1. The second-order valence-electron chi connectivity index (χ2n) is 5.78. The van der Waals surface area contributed by atoms with Gasteiger partial charge in [-0.2, -0.15) is 4.39 Å². The summed E-state index contributed by atoms with van der Waals surface area (Å²) < 4.78 is 13.3. The van der Waals surface area contributed by atoms with Crippen molar-refractivity contribution in [1.29, 1.82) is 0 Å². The van der Waals surface area contributed by atoms with Crippen molar-refractivity contribution in [2.75, 3.05) is 11.9 Å². The predicted octanol–water partition coefficient (Wildman–Crippen LogP) is 2.77. The number of nitro benzene ring substituents is 1. The SMILES string of the molecule is CC1CC(Nc2ccc(F)c([N+](=O)[O-])c2)CN1C1CC1. The summed E-state index contributed by atoms with van der Waals surface area (Å²) in [5.74, 6) is -0.792. The molecule has 2 atom stereocenters. The average molecular weight is 279 g/mol. The van der Waals surface area contributed by atoms with Gasteiger partial charge in [0.05, 0.1) is 4.92 Å². The standard InChI is InChI=1S/C14H18FN3O2/c1-9-6-11(8-17(9)12-3-4-12)16-10-2-5-13(15)14(7-10)18(19)20/h2,5,7,9,11-12,16H,3-4,6,8H2,1H3. The molecule has 1 saturated heterocycles. The number of rotatable bonds is 4. The molecular weight excluding hydrogens is 261 g/mol. The van der Waals surface area contributed by atoms with Crippen LogP contribution in [0.2, 0.25) is 0 Å². The van der Waals surface area contributed by atoms with Gasteiger partial charge in [-0.1, -0.05) is 0 Å². The maximum atomic E-state index is 13.3. The van der Waals surface area contributed by atoms with Crippen LogP contribution < -0.4 is 5.32 Å². The Labute approximate surface area is 116 Å². The molecule has 1 aliphatic heterocycles. The zero-order valence-electron chi connectivity index (χ0n) is 11.4. The molecule has 5 nitrogen and oxygen atoms in total. The van der Waals surface area contributed by atoms with E-state index in [0.29, 0.717) is 11.7 Å². The fourth-order valence-corrected chi connectivity index (χ4v) is 3.05. The molecule has 1 N–H and O–H groups in total. The first-order valence-electron chi connectivity index (χ1n) is 7.01. The maximum absolute atomic E-state index is 13.3. The molecule has 108 valence electrons. The fourth-order valence-electron chi connectivity index (χ4n) is 3.05. The molecule has 2 fully saturated rings. The zero-order valence-corrected chi connectivity index (χ0v) is 11.4. The largest absolute Gasteiger partial charge is 0.381 e. The molecule has 0 bridgehead atoms. The number of nitrogens with zero attached hydrogens (tertiary/aromatic N) is 2. The molecule has 0 radical (unpaired) electrons. The van der Waals surface area contributed by atoms with Gasteiger partial charge in [-0.05, 0) is 38.3 Å². The van der Waals surface area contributed by atoms with Crippen molar-refractivity contribution in [3.8, 4) is 0 Å². The number of halogens is 1. The summed E-state index contributed by atoms with van der Waals surface area (Å²) in [6.45, 7) is 3.17. The van der Waals surface area contributed by atoms with Gasteiger partial charge in [0.15, 0.2) is 0 Å². The second kappa shape index (κ2) is 5.01. The third-order valence-electron chi connectivity index (χ3n) is 4.15. The summed E-state index contributed by atoms with van der Waals surface area (Å²) >= 11 is 0. The van der Waals surface area contributed by atoms with Crippen molar-refractivity contribution in [3.05, 3.63) is 34.1 Å². The molecule has 0 spiro atoms. The van der Waals surface area contributed by atoms with Crippen LogP contribution >= 0.6 is 0 Å². The van der Waals surface area contributed by atoms with Gasteiger partial charge in [-0.15, -0.1) is 0 Å². The summed E-state index contributed by atoms with van der Waals surface area (Å²) in [7, 11) is 0. The lowest BCUT2D eigenvalue weighted by atomic mass is 10.1. The van der Waals surface area contributed by atoms with Crippen molar-refractivity contribution >= 4 is 11.4 Å². The summed E-state index contributed by atoms with van der Waals surface area (Å²) in [5, 5.41) is 14.0. The van der Waals surface area contributed by atoms with Crippen LogP contribution in [0.1, 0.15) is 26.2 Å². The average Bonchev–Trinajstić information content (AvgIpc) is 3.16. The van der Waals surface area contributed by atoms with E-state index in [1.165, 1.54) is 18.9 Å². The van der Waals surface area contributed by atoms with E-state index in [1.54, 1.807) is 6.07 Å². The van der Waals surface area contributed by atoms with E-state index in [-0.39, 0.29) is 6.04 Å². The van der Waals surface area contributed by atoms with Crippen LogP contribution in [0.25, 0.3) is 0 Å². The molecule has 1 aromatic rings. The highest BCUT2D eigenvalue weighted by molar-refractivity contribution is 5.52. The topological polar surface area (TPSA) is 58.4 Å². The Kier molecular flexibility index (Phi) is 3.33. The minimum absolute atomic E-state index is 0.274. The highest BCUT2D eigenvalue weighted by Gasteiger charge is 2.38. The van der Waals surface area contributed by atoms with Gasteiger partial charge in [0.1, 0.15) is 0 Å². The van der Waals surface area contributed by atoms with Crippen LogP contribution in [0, 0.1) is 15.9 Å². The molecule has 6 heteroatoms. The number of hydrogen-bond donors (Lipinski definition) is 1. The van der Waals surface area contributed by atoms with Gasteiger partial charge >= 0.3 is 5.69 Å². The fraction of sp³-hybridized carbons (Fsp3) is 0.571. The van der Waals surface area contributed by atoms with Gasteiger partial charge in [-0.25, -0.2) is 0 Å². The number of anilines is 1. The number of likely N-dealkylation sites (tertiary alicyclic amines) is 1. The maximum Gasteiger partial charge on any atom is 0.306 e. The number of benzene rings is 1. The molecular formula is C14H18FN3O2. The highest BCUT2D eigenvalue weighted by Crippen LogP contribution is 2.34. The molecule has 3 rings (SSSR count). The summed E-state index contributed by atoms with van der Waals surface area (Å²) in [6, 6.07) is 5.52. The van der Waals surface area contributed by atoms with E-state index in [2.05, 4.69) is 17.1 Å². The lowest BCUT2D eigenvalue weighted by Crippen LogP contribution is -2.31. The third-order valence-corrected chi connectivity index (χ3v) is 4.15. The quantitative estimate of drug-likeness (QED) is 0.680. The Hall–Kier alpha value is -1.69. The first kappa shape index (κ1) is 13.3. The molecule has 1 aliphatic carbocycles. The van der Waals surface area contributed by atoms with E-state index < -0.39 is 16.4 Å². The van der Waals surface area contributed by atoms with Gasteiger partial charge in [0.25, 0.3) is 0 Å². The summed E-state index contributed by atoms with van der Waals surface area (Å²) in [4.78, 5) is 12.6. The van der Waals surface area contributed by atoms with Crippen molar-refractivity contribution in [2.24, 2.45) is 0 Å². The first-order chi connectivity index (χ1) is 9.54. The summed E-state index contributed by atoms with van der Waals surface area (Å²) in [5.41, 5.74) is 0.146. The molecule has 0 amide bonds. The lowest BCUT2D eigenvalue weighted by Gasteiger charge is -2.19. The normalized spacial score (nSPS) is 26.7. The van der Waals surface area contributed by atoms with E-state index in [0.717, 1.165) is 25.1 Å². The first-order valence-corrected chi connectivity index (χ1v) is 7.01. The van der Waals surface area contributed by atoms with Crippen LogP contribution in [0.3, 0.4) is 0 Å². The lowest BCUT2D eigenvalue weighted by molar-refractivity contribution is -0.387. The molecule has 1 heterocycles. The molecule has 2 unspecified atom stereocenters. The highest BCUT2D eigenvalue weighted by atomic mass is 19.1. The summed E-state index contributed by atoms with van der Waals surface area (Å²) in [6.07, 6.45) is 3.57.